The van der Waals surface area contributed by atoms with Crippen molar-refractivity contribution in [2.45, 2.75) is 6.42 Å². The van der Waals surface area contributed by atoms with Gasteiger partial charge in [-0.05, 0) is 0 Å². The van der Waals surface area contributed by atoms with Crippen molar-refractivity contribution < 1.29 is 51.1 Å². The highest BCUT2D eigenvalue weighted by molar-refractivity contribution is 5.72. The lowest BCUT2D eigenvalue weighted by atomic mass is 10.3. The summed E-state index contributed by atoms with van der Waals surface area (Å²) in [6, 6.07) is 0.0151. The van der Waals surface area contributed by atoms with E-state index >= 15 is 0 Å². The topological polar surface area (TPSA) is 83.5 Å². The fourth-order valence-electron chi connectivity index (χ4n) is 1.79. The third-order valence-corrected chi connectivity index (χ3v) is 3.09. The number of carbonyl (C=O) groups is 1. The molecule has 0 aliphatic rings. The number of hydrogen-bond donors (Lipinski definition) is 1. The predicted octanol–water partition coefficient (Wildman–Crippen LogP) is 1.60. The molecule has 11 heteroatoms. The highest BCUT2D eigenvalue weighted by Gasteiger charge is 2.22. The molecule has 0 aliphatic heterocycles. The van der Waals surface area contributed by atoms with E-state index in [9.17, 15) is 22.4 Å². The van der Waals surface area contributed by atoms with Crippen molar-refractivity contribution in [1.29, 1.82) is 0 Å². The zero-order valence-corrected chi connectivity index (χ0v) is 15.1. The average molecular weight is 414 g/mol. The Bertz CT molecular complexity index is 575. The zero-order chi connectivity index (χ0) is 20.8. The molecule has 1 N–H and O–H groups in total. The summed E-state index contributed by atoms with van der Waals surface area (Å²) in [7, 11) is 0. The summed E-state index contributed by atoms with van der Waals surface area (Å²) in [5.74, 6) is -9.45. The van der Waals surface area contributed by atoms with Gasteiger partial charge in [0.05, 0.1) is 65.9 Å². The van der Waals surface area contributed by atoms with Crippen LogP contribution < -0.4 is 4.74 Å². The molecule has 28 heavy (non-hydrogen) atoms. The van der Waals surface area contributed by atoms with Crippen LogP contribution in [0.15, 0.2) is 6.07 Å². The van der Waals surface area contributed by atoms with Crippen LogP contribution in [0.25, 0.3) is 0 Å². The van der Waals surface area contributed by atoms with Crippen LogP contribution in [0.5, 0.6) is 5.75 Å². The Kier molecular flexibility index (Phi) is 12.3. The first-order valence-electron chi connectivity index (χ1n) is 8.42. The summed E-state index contributed by atoms with van der Waals surface area (Å²) in [5, 5.41) is 8.49. The molecule has 0 aliphatic carbocycles. The molecule has 0 atom stereocenters. The van der Waals surface area contributed by atoms with E-state index in [1.807, 2.05) is 0 Å². The zero-order valence-electron chi connectivity index (χ0n) is 15.1. The van der Waals surface area contributed by atoms with E-state index < -0.39 is 35.0 Å². The fourth-order valence-corrected chi connectivity index (χ4v) is 1.79. The Morgan fingerprint density at radius 1 is 0.750 bits per heavy atom. The van der Waals surface area contributed by atoms with Crippen LogP contribution >= 0.6 is 0 Å². The second-order valence-corrected chi connectivity index (χ2v) is 5.19. The van der Waals surface area contributed by atoms with Crippen LogP contribution in [-0.2, 0) is 23.7 Å². The fraction of sp³-hybridized carbons (Fsp3) is 0.588. The van der Waals surface area contributed by atoms with Crippen LogP contribution in [0, 0.1) is 23.3 Å². The van der Waals surface area contributed by atoms with E-state index in [1.54, 1.807) is 0 Å². The van der Waals surface area contributed by atoms with Gasteiger partial charge in [-0.25, -0.2) is 8.78 Å². The third kappa shape index (κ3) is 9.42. The number of carbonyl (C=O) groups excluding carboxylic acids is 1. The van der Waals surface area contributed by atoms with Crippen molar-refractivity contribution >= 4 is 5.97 Å². The maximum atomic E-state index is 13.4. The number of benzene rings is 1. The summed E-state index contributed by atoms with van der Waals surface area (Å²) >= 11 is 0. The summed E-state index contributed by atoms with van der Waals surface area (Å²) in [5.41, 5.74) is 0. The van der Waals surface area contributed by atoms with Crippen LogP contribution in [0.3, 0.4) is 0 Å². The highest BCUT2D eigenvalue weighted by atomic mass is 19.2. The van der Waals surface area contributed by atoms with E-state index in [0.717, 1.165) is 0 Å². The summed E-state index contributed by atoms with van der Waals surface area (Å²) in [4.78, 5) is 11.5. The third-order valence-electron chi connectivity index (χ3n) is 3.09. The standard InChI is InChI=1S/C17H22F4O7/c18-12-11-13(19)16(21)17(15(12)20)28-14(23)1-3-24-5-7-26-9-10-27-8-6-25-4-2-22/h11,22H,1-10H2. The lowest BCUT2D eigenvalue weighted by molar-refractivity contribution is -0.136. The SMILES string of the molecule is O=C(CCOCCOCCOCCOCCO)Oc1c(F)c(F)cc(F)c1F. The van der Waals surface area contributed by atoms with Crippen molar-refractivity contribution in [3.05, 3.63) is 29.3 Å². The molecule has 0 spiro atoms. The first kappa shape index (κ1) is 24.2. The van der Waals surface area contributed by atoms with Gasteiger partial charge in [-0.1, -0.05) is 0 Å². The lowest BCUT2D eigenvalue weighted by Gasteiger charge is -2.09. The lowest BCUT2D eigenvalue weighted by Crippen LogP contribution is -2.16. The molecule has 1 aromatic carbocycles. The van der Waals surface area contributed by atoms with Crippen molar-refractivity contribution in [1.82, 2.24) is 0 Å². The molecule has 0 amide bonds. The van der Waals surface area contributed by atoms with Gasteiger partial charge in [0, 0.05) is 6.07 Å². The molecule has 0 radical (unpaired) electrons. The van der Waals surface area contributed by atoms with Gasteiger partial charge in [-0.2, -0.15) is 8.78 Å². The molecule has 0 heterocycles. The molecule has 0 saturated carbocycles. The highest BCUT2D eigenvalue weighted by Crippen LogP contribution is 2.26. The minimum atomic E-state index is -1.79. The van der Waals surface area contributed by atoms with Crippen LogP contribution in [-0.4, -0.2) is 70.5 Å². The summed E-state index contributed by atoms with van der Waals surface area (Å²) < 4.78 is 77.5. The van der Waals surface area contributed by atoms with Gasteiger partial charge in [-0.15, -0.1) is 0 Å². The van der Waals surface area contributed by atoms with Gasteiger partial charge in [0.2, 0.25) is 17.4 Å². The van der Waals surface area contributed by atoms with Crippen LogP contribution in [0.1, 0.15) is 6.42 Å². The molecular weight excluding hydrogens is 392 g/mol. The Morgan fingerprint density at radius 2 is 1.18 bits per heavy atom. The van der Waals surface area contributed by atoms with Crippen molar-refractivity contribution in [3.63, 3.8) is 0 Å². The number of aliphatic hydroxyl groups is 1. The molecule has 0 unspecified atom stereocenters. The quantitative estimate of drug-likeness (QED) is 0.153. The number of aliphatic hydroxyl groups excluding tert-OH is 1. The van der Waals surface area contributed by atoms with Crippen LogP contribution in [0.2, 0.25) is 0 Å². The second-order valence-electron chi connectivity index (χ2n) is 5.19. The van der Waals surface area contributed by atoms with Crippen molar-refractivity contribution in [2.75, 3.05) is 59.5 Å². The Labute approximate surface area is 159 Å². The van der Waals surface area contributed by atoms with Gasteiger partial charge in [0.1, 0.15) is 0 Å². The number of halogens is 4. The minimum Gasteiger partial charge on any atom is -0.420 e. The number of hydrogen-bond acceptors (Lipinski definition) is 7. The number of ether oxygens (including phenoxy) is 5. The van der Waals surface area contributed by atoms with Crippen molar-refractivity contribution in [2.24, 2.45) is 0 Å². The summed E-state index contributed by atoms with van der Waals surface area (Å²) in [6.07, 6.45) is -0.381. The van der Waals surface area contributed by atoms with Crippen molar-refractivity contribution in [3.8, 4) is 5.75 Å². The molecule has 0 aromatic heterocycles. The molecule has 0 bridgehead atoms. The molecule has 7 nitrogen and oxygen atoms in total. The maximum Gasteiger partial charge on any atom is 0.313 e. The Morgan fingerprint density at radius 3 is 1.64 bits per heavy atom. The maximum absolute atomic E-state index is 13.4. The monoisotopic (exact) mass is 414 g/mol. The largest absolute Gasteiger partial charge is 0.420 e. The summed E-state index contributed by atoms with van der Waals surface area (Å²) in [6.45, 7) is 1.84. The van der Waals surface area contributed by atoms with Gasteiger partial charge >= 0.3 is 5.97 Å². The second kappa shape index (κ2) is 14.2. The number of rotatable bonds is 15. The minimum absolute atomic E-state index is 0.0151. The molecule has 0 saturated heterocycles. The van der Waals surface area contributed by atoms with E-state index in [0.29, 0.717) is 26.4 Å². The van der Waals surface area contributed by atoms with Gasteiger partial charge in [-0.3, -0.25) is 4.79 Å². The Hall–Kier alpha value is -1.79. The first-order chi connectivity index (χ1) is 13.5. The van der Waals surface area contributed by atoms with E-state index in [4.69, 9.17) is 24.1 Å². The smallest absolute Gasteiger partial charge is 0.313 e. The normalized spacial score (nSPS) is 11.0. The first-order valence-corrected chi connectivity index (χ1v) is 8.42. The van der Waals surface area contributed by atoms with Gasteiger partial charge in [0.25, 0.3) is 0 Å². The van der Waals surface area contributed by atoms with Gasteiger partial charge in [0.15, 0.2) is 11.6 Å². The van der Waals surface area contributed by atoms with E-state index in [1.165, 1.54) is 0 Å². The molecule has 0 fully saturated rings. The van der Waals surface area contributed by atoms with Crippen LogP contribution in [0.4, 0.5) is 17.6 Å². The molecule has 160 valence electrons. The molecular formula is C17H22F4O7. The molecule has 1 aromatic rings. The van der Waals surface area contributed by atoms with Gasteiger partial charge < -0.3 is 28.8 Å². The average Bonchev–Trinajstić information content (AvgIpc) is 2.67. The Balaban J connectivity index is 2.06. The molecule has 1 rings (SSSR count). The van der Waals surface area contributed by atoms with E-state index in [2.05, 4.69) is 4.74 Å². The van der Waals surface area contributed by atoms with E-state index in [-0.39, 0.29) is 45.5 Å². The number of esters is 1. The predicted molar refractivity (Wildman–Crippen MR) is 86.9 cm³/mol.